The number of ether oxygens (including phenoxy) is 2. The molecule has 3 heterocycles. The maximum Gasteiger partial charge on any atom is 0.573 e. The number of amides is 1. The summed E-state index contributed by atoms with van der Waals surface area (Å²) >= 11 is 0. The molecule has 0 spiro atoms. The Balaban J connectivity index is 0.000000442. The van der Waals surface area contributed by atoms with Gasteiger partial charge in [0.15, 0.2) is 0 Å². The number of halogens is 3. The first-order valence-electron chi connectivity index (χ1n) is 9.60. The van der Waals surface area contributed by atoms with Crippen LogP contribution < -0.4 is 16.0 Å². The van der Waals surface area contributed by atoms with Crippen molar-refractivity contribution in [2.75, 3.05) is 13.2 Å². The molecule has 1 amide bonds. The van der Waals surface area contributed by atoms with Crippen LogP contribution in [0.25, 0.3) is 16.9 Å². The largest absolute Gasteiger partial charge is 0.573 e. The highest BCUT2D eigenvalue weighted by atomic mass is 19.4. The molecule has 2 aromatic heterocycles. The summed E-state index contributed by atoms with van der Waals surface area (Å²) in [7, 11) is 0. The van der Waals surface area contributed by atoms with Crippen LogP contribution in [-0.2, 0) is 4.74 Å². The fourth-order valence-electron chi connectivity index (χ4n) is 2.82. The van der Waals surface area contributed by atoms with Crippen molar-refractivity contribution < 1.29 is 32.5 Å². The first kappa shape index (κ1) is 23.9. The third kappa shape index (κ3) is 6.60. The fraction of sp³-hybridized carbons (Fsp3) is 0.238. The number of aliphatic hydroxyl groups is 1. The van der Waals surface area contributed by atoms with Gasteiger partial charge >= 0.3 is 6.36 Å². The molecule has 174 valence electrons. The summed E-state index contributed by atoms with van der Waals surface area (Å²) in [6.45, 7) is 1.28. The number of carbonyl (C=O) groups excluding carboxylic acids is 1. The van der Waals surface area contributed by atoms with Crippen molar-refractivity contribution in [1.82, 2.24) is 14.8 Å². The van der Waals surface area contributed by atoms with Gasteiger partial charge in [-0.15, -0.1) is 13.2 Å². The maximum absolute atomic E-state index is 12.4. The monoisotopic (exact) mass is 464 g/mol. The van der Waals surface area contributed by atoms with Crippen LogP contribution in [0, 0.1) is 0 Å². The number of hydrogen-bond acceptors (Lipinski definition) is 7. The molecule has 3 aromatic rings. The van der Waals surface area contributed by atoms with Crippen molar-refractivity contribution in [3.8, 4) is 22.7 Å². The number of alkyl halides is 3. The Labute approximate surface area is 185 Å². The fourth-order valence-corrected chi connectivity index (χ4v) is 2.82. The van der Waals surface area contributed by atoms with Crippen molar-refractivity contribution in [2.45, 2.75) is 18.9 Å². The van der Waals surface area contributed by atoms with E-state index in [2.05, 4.69) is 14.8 Å². The Morgan fingerprint density at radius 1 is 1.24 bits per heavy atom. The lowest BCUT2D eigenvalue weighted by molar-refractivity contribution is -0.274. The van der Waals surface area contributed by atoms with Crippen molar-refractivity contribution in [3.05, 3.63) is 70.8 Å². The summed E-state index contributed by atoms with van der Waals surface area (Å²) in [5, 5.41) is 12.8. The van der Waals surface area contributed by atoms with Crippen molar-refractivity contribution >= 4 is 5.91 Å². The number of carbonyl (C=O) groups is 1. The van der Waals surface area contributed by atoms with E-state index < -0.39 is 23.6 Å². The van der Waals surface area contributed by atoms with Gasteiger partial charge in [-0.25, -0.2) is 0 Å². The molecule has 0 saturated carbocycles. The number of rotatable bonds is 4. The van der Waals surface area contributed by atoms with E-state index in [1.54, 1.807) is 12.1 Å². The highest BCUT2D eigenvalue weighted by molar-refractivity contribution is 5.93. The van der Waals surface area contributed by atoms with Gasteiger partial charge in [0, 0.05) is 18.4 Å². The third-order valence-corrected chi connectivity index (χ3v) is 4.36. The van der Waals surface area contributed by atoms with E-state index >= 15 is 0 Å². The minimum Gasteiger partial charge on any atom is -0.406 e. The molecule has 1 unspecified atom stereocenters. The molecule has 1 fully saturated rings. The Kier molecular flexibility index (Phi) is 7.41. The topological polar surface area (TPSA) is 130 Å². The lowest BCUT2D eigenvalue weighted by Crippen LogP contribution is -2.30. The van der Waals surface area contributed by atoms with E-state index in [4.69, 9.17) is 15.6 Å². The van der Waals surface area contributed by atoms with E-state index in [1.807, 2.05) is 0 Å². The second-order valence-electron chi connectivity index (χ2n) is 6.83. The molecule has 4 rings (SSSR count). The van der Waals surface area contributed by atoms with E-state index in [9.17, 15) is 22.8 Å². The van der Waals surface area contributed by atoms with Gasteiger partial charge in [-0.1, -0.05) is 0 Å². The Bertz CT molecular complexity index is 1150. The van der Waals surface area contributed by atoms with E-state index in [1.165, 1.54) is 30.6 Å². The van der Waals surface area contributed by atoms with Crippen LogP contribution in [0.2, 0.25) is 0 Å². The molecule has 33 heavy (non-hydrogen) atoms. The minimum atomic E-state index is -4.81. The molecule has 1 aromatic carbocycles. The van der Waals surface area contributed by atoms with Crippen LogP contribution in [0.15, 0.2) is 59.7 Å². The number of aromatic nitrogens is 3. The van der Waals surface area contributed by atoms with Gasteiger partial charge in [0.2, 0.25) is 0 Å². The van der Waals surface area contributed by atoms with Crippen LogP contribution in [0.1, 0.15) is 16.8 Å². The Hall–Kier alpha value is -3.77. The van der Waals surface area contributed by atoms with Gasteiger partial charge in [0.1, 0.15) is 11.3 Å². The van der Waals surface area contributed by atoms with Crippen LogP contribution in [-0.4, -0.2) is 51.5 Å². The van der Waals surface area contributed by atoms with Gasteiger partial charge < -0.3 is 20.3 Å². The quantitative estimate of drug-likeness (QED) is 0.605. The first-order chi connectivity index (χ1) is 15.6. The molecule has 9 nitrogen and oxygen atoms in total. The van der Waals surface area contributed by atoms with E-state index in [0.29, 0.717) is 17.9 Å². The molecule has 12 heteroatoms. The van der Waals surface area contributed by atoms with Gasteiger partial charge in [0.05, 0.1) is 30.3 Å². The zero-order valence-electron chi connectivity index (χ0n) is 17.0. The smallest absolute Gasteiger partial charge is 0.406 e. The number of pyridine rings is 1. The number of nitrogens with zero attached hydrogens (tertiary/aromatic N) is 3. The van der Waals surface area contributed by atoms with Crippen LogP contribution in [0.3, 0.4) is 0 Å². The summed E-state index contributed by atoms with van der Waals surface area (Å²) in [6.07, 6.45) is -1.31. The molecule has 1 saturated heterocycles. The predicted molar refractivity (Wildman–Crippen MR) is 110 cm³/mol. The lowest BCUT2D eigenvalue weighted by Gasteiger charge is -2.11. The number of nitrogens with two attached hydrogens (primary N) is 1. The van der Waals surface area contributed by atoms with E-state index in [0.717, 1.165) is 29.8 Å². The van der Waals surface area contributed by atoms with Crippen molar-refractivity contribution in [3.63, 3.8) is 0 Å². The standard InChI is InChI=1S/C17H11F3N4O3.C4H8O2/c18-17(19,20)27-12-5-3-10(4-6-12)14-8-13(15(21)25)16(26)24(23-14)11-2-1-7-22-9-11;5-4-1-2-6-3-4/h1-9H,(H2,21,25);4-5H,1-3H2. The summed E-state index contributed by atoms with van der Waals surface area (Å²) in [4.78, 5) is 27.9. The Morgan fingerprint density at radius 2 is 1.97 bits per heavy atom. The van der Waals surface area contributed by atoms with Gasteiger partial charge in [0.25, 0.3) is 11.5 Å². The zero-order valence-corrected chi connectivity index (χ0v) is 17.0. The lowest BCUT2D eigenvalue weighted by atomic mass is 10.1. The molecular weight excluding hydrogens is 445 g/mol. The molecule has 0 bridgehead atoms. The number of benzene rings is 1. The average molecular weight is 464 g/mol. The number of hydrogen-bond donors (Lipinski definition) is 2. The molecule has 0 radical (unpaired) electrons. The summed E-state index contributed by atoms with van der Waals surface area (Å²) in [5.74, 6) is -1.37. The van der Waals surface area contributed by atoms with Gasteiger partial charge in [-0.2, -0.15) is 9.78 Å². The zero-order chi connectivity index (χ0) is 24.0. The molecular formula is C21H19F3N4O5. The molecule has 1 atom stereocenters. The second kappa shape index (κ2) is 10.2. The summed E-state index contributed by atoms with van der Waals surface area (Å²) in [6, 6.07) is 9.11. The SMILES string of the molecule is NC(=O)c1cc(-c2ccc(OC(F)(F)F)cc2)nn(-c2cccnc2)c1=O.OC1CCOC1. The predicted octanol–water partition coefficient (Wildman–Crippen LogP) is 2.06. The van der Waals surface area contributed by atoms with Crippen LogP contribution >= 0.6 is 0 Å². The van der Waals surface area contributed by atoms with Crippen LogP contribution in [0.5, 0.6) is 5.75 Å². The molecule has 1 aliphatic rings. The Morgan fingerprint density at radius 3 is 2.45 bits per heavy atom. The van der Waals surface area contributed by atoms with Gasteiger partial charge in [-0.05, 0) is 48.9 Å². The van der Waals surface area contributed by atoms with Crippen molar-refractivity contribution in [1.29, 1.82) is 0 Å². The normalized spacial score (nSPS) is 15.5. The highest BCUT2D eigenvalue weighted by Gasteiger charge is 2.31. The molecule has 1 aliphatic heterocycles. The maximum atomic E-state index is 12.4. The number of primary amides is 1. The van der Waals surface area contributed by atoms with E-state index in [-0.39, 0.29) is 17.4 Å². The third-order valence-electron chi connectivity index (χ3n) is 4.36. The highest BCUT2D eigenvalue weighted by Crippen LogP contribution is 2.26. The molecule has 0 aliphatic carbocycles. The minimum absolute atomic E-state index is 0.158. The second-order valence-corrected chi connectivity index (χ2v) is 6.83. The first-order valence-corrected chi connectivity index (χ1v) is 9.60. The summed E-state index contributed by atoms with van der Waals surface area (Å²) in [5.41, 5.74) is 5.01. The van der Waals surface area contributed by atoms with Crippen LogP contribution in [0.4, 0.5) is 13.2 Å². The summed E-state index contributed by atoms with van der Waals surface area (Å²) < 4.78 is 46.3. The number of aliphatic hydroxyl groups excluding tert-OH is 1. The average Bonchev–Trinajstić information content (AvgIpc) is 3.25. The van der Waals surface area contributed by atoms with Gasteiger partial charge in [-0.3, -0.25) is 14.6 Å². The molecule has 3 N–H and O–H groups in total. The van der Waals surface area contributed by atoms with Crippen molar-refractivity contribution in [2.24, 2.45) is 5.73 Å².